The summed E-state index contributed by atoms with van der Waals surface area (Å²) < 4.78 is 35.2. The van der Waals surface area contributed by atoms with Gasteiger partial charge in [-0.2, -0.15) is 0 Å². The Kier molecular flexibility index (Phi) is 5.08. The van der Waals surface area contributed by atoms with Crippen molar-refractivity contribution < 1.29 is 12.8 Å². The fraction of sp³-hybridized carbons (Fsp3) is 0.357. The Morgan fingerprint density at radius 3 is 2.62 bits per heavy atom. The smallest absolute Gasteiger partial charge is 0.148 e. The molecule has 114 valence electrons. The third-order valence-electron chi connectivity index (χ3n) is 2.83. The van der Waals surface area contributed by atoms with Crippen LogP contribution in [0.25, 0.3) is 10.6 Å². The van der Waals surface area contributed by atoms with Gasteiger partial charge in [0.15, 0.2) is 0 Å². The molecule has 1 heterocycles. The first-order chi connectivity index (χ1) is 9.83. The Morgan fingerprint density at radius 1 is 1.33 bits per heavy atom. The summed E-state index contributed by atoms with van der Waals surface area (Å²) in [6, 6.07) is 6.07. The Bertz CT molecular complexity index is 696. The van der Waals surface area contributed by atoms with Gasteiger partial charge in [-0.3, -0.25) is 0 Å². The number of thiazole rings is 1. The van der Waals surface area contributed by atoms with Crippen LogP contribution in [-0.4, -0.2) is 31.5 Å². The molecule has 0 aliphatic heterocycles. The van der Waals surface area contributed by atoms with Gasteiger partial charge in [0, 0.05) is 29.8 Å². The first kappa shape index (κ1) is 16.1. The molecule has 1 N–H and O–H groups in total. The van der Waals surface area contributed by atoms with E-state index in [0.29, 0.717) is 6.54 Å². The lowest BCUT2D eigenvalue weighted by Gasteiger charge is -2.11. The number of nitrogens with zero attached hydrogens (tertiary/aromatic N) is 1. The number of hydrogen-bond donors (Lipinski definition) is 1. The molecule has 0 saturated heterocycles. The van der Waals surface area contributed by atoms with Gasteiger partial charge < -0.3 is 5.32 Å². The molecule has 7 heteroatoms. The van der Waals surface area contributed by atoms with Crippen LogP contribution in [0.1, 0.15) is 12.6 Å². The van der Waals surface area contributed by atoms with Gasteiger partial charge in [-0.05, 0) is 31.2 Å². The average molecular weight is 328 g/mol. The highest BCUT2D eigenvalue weighted by atomic mass is 32.2. The predicted molar refractivity (Wildman–Crippen MR) is 83.5 cm³/mol. The maximum atomic E-state index is 12.9. The molecule has 0 aliphatic rings. The van der Waals surface area contributed by atoms with Crippen molar-refractivity contribution in [1.82, 2.24) is 10.3 Å². The number of halogens is 1. The highest BCUT2D eigenvalue weighted by molar-refractivity contribution is 7.90. The van der Waals surface area contributed by atoms with Crippen molar-refractivity contribution in [3.63, 3.8) is 0 Å². The van der Waals surface area contributed by atoms with Crippen molar-refractivity contribution in [3.05, 3.63) is 41.2 Å². The molecule has 0 fully saturated rings. The molecule has 4 nitrogen and oxygen atoms in total. The zero-order chi connectivity index (χ0) is 15.5. The normalized spacial score (nSPS) is 13.3. The second-order valence-electron chi connectivity index (χ2n) is 5.03. The number of benzene rings is 1. The van der Waals surface area contributed by atoms with Gasteiger partial charge in [0.1, 0.15) is 20.7 Å². The van der Waals surface area contributed by atoms with E-state index in [-0.39, 0.29) is 17.6 Å². The summed E-state index contributed by atoms with van der Waals surface area (Å²) >= 11 is 1.48. The Labute approximate surface area is 128 Å². The van der Waals surface area contributed by atoms with E-state index in [4.69, 9.17) is 0 Å². The standard InChI is InChI=1S/C14H17FN2O2S2/c1-10(9-21(2,18)19)16-7-13-8-20-14(17-13)11-3-5-12(15)6-4-11/h3-6,8,10,16H,7,9H2,1-2H3. The maximum Gasteiger partial charge on any atom is 0.148 e. The summed E-state index contributed by atoms with van der Waals surface area (Å²) in [7, 11) is -2.99. The Hall–Kier alpha value is -1.31. The van der Waals surface area contributed by atoms with Gasteiger partial charge in [-0.25, -0.2) is 17.8 Å². The molecule has 1 aromatic carbocycles. The van der Waals surface area contributed by atoms with Crippen LogP contribution >= 0.6 is 11.3 Å². The number of aromatic nitrogens is 1. The van der Waals surface area contributed by atoms with E-state index in [9.17, 15) is 12.8 Å². The fourth-order valence-electron chi connectivity index (χ4n) is 1.91. The van der Waals surface area contributed by atoms with E-state index < -0.39 is 9.84 Å². The van der Waals surface area contributed by atoms with E-state index in [2.05, 4.69) is 10.3 Å². The van der Waals surface area contributed by atoms with Gasteiger partial charge in [0.05, 0.1) is 11.4 Å². The quantitative estimate of drug-likeness (QED) is 0.885. The van der Waals surface area contributed by atoms with E-state index in [0.717, 1.165) is 16.3 Å². The van der Waals surface area contributed by atoms with Crippen LogP contribution in [0.4, 0.5) is 4.39 Å². The van der Waals surface area contributed by atoms with E-state index in [1.807, 2.05) is 12.3 Å². The molecule has 21 heavy (non-hydrogen) atoms. The molecule has 0 aliphatic carbocycles. The van der Waals surface area contributed by atoms with E-state index >= 15 is 0 Å². The monoisotopic (exact) mass is 328 g/mol. The molecule has 0 saturated carbocycles. The summed E-state index contributed by atoms with van der Waals surface area (Å²) in [4.78, 5) is 4.46. The van der Waals surface area contributed by atoms with Gasteiger partial charge in [-0.1, -0.05) is 0 Å². The predicted octanol–water partition coefficient (Wildman–Crippen LogP) is 2.47. The summed E-state index contributed by atoms with van der Waals surface area (Å²) in [5, 5.41) is 5.87. The van der Waals surface area contributed by atoms with Gasteiger partial charge >= 0.3 is 0 Å². The van der Waals surface area contributed by atoms with Crippen LogP contribution in [0.5, 0.6) is 0 Å². The van der Waals surface area contributed by atoms with Crippen LogP contribution in [0.15, 0.2) is 29.6 Å². The van der Waals surface area contributed by atoms with Gasteiger partial charge in [0.2, 0.25) is 0 Å². The molecule has 0 spiro atoms. The molecule has 1 unspecified atom stereocenters. The van der Waals surface area contributed by atoms with Crippen molar-refractivity contribution in [2.24, 2.45) is 0 Å². The van der Waals surface area contributed by atoms with Crippen molar-refractivity contribution in [2.75, 3.05) is 12.0 Å². The summed E-state index contributed by atoms with van der Waals surface area (Å²) in [5.41, 5.74) is 1.72. The SMILES string of the molecule is CC(CS(C)(=O)=O)NCc1csc(-c2ccc(F)cc2)n1. The minimum atomic E-state index is -2.99. The lowest BCUT2D eigenvalue weighted by molar-refractivity contribution is 0.557. The number of sulfone groups is 1. The van der Waals surface area contributed by atoms with Crippen molar-refractivity contribution >= 4 is 21.2 Å². The van der Waals surface area contributed by atoms with Crippen LogP contribution in [0, 0.1) is 5.82 Å². The van der Waals surface area contributed by atoms with E-state index in [1.165, 1.54) is 29.7 Å². The lowest BCUT2D eigenvalue weighted by atomic mass is 10.2. The third-order valence-corrected chi connectivity index (χ3v) is 4.87. The van der Waals surface area contributed by atoms with Gasteiger partial charge in [0.25, 0.3) is 0 Å². The maximum absolute atomic E-state index is 12.9. The molecule has 0 amide bonds. The van der Waals surface area contributed by atoms with Gasteiger partial charge in [-0.15, -0.1) is 11.3 Å². The van der Waals surface area contributed by atoms with Crippen LogP contribution in [0.2, 0.25) is 0 Å². The lowest BCUT2D eigenvalue weighted by Crippen LogP contribution is -2.32. The second kappa shape index (κ2) is 6.64. The molecule has 0 radical (unpaired) electrons. The molecule has 1 atom stereocenters. The van der Waals surface area contributed by atoms with Crippen LogP contribution in [0.3, 0.4) is 0 Å². The largest absolute Gasteiger partial charge is 0.308 e. The number of rotatable bonds is 6. The van der Waals surface area contributed by atoms with Crippen molar-refractivity contribution in [1.29, 1.82) is 0 Å². The second-order valence-corrected chi connectivity index (χ2v) is 8.07. The first-order valence-electron chi connectivity index (χ1n) is 6.45. The summed E-state index contributed by atoms with van der Waals surface area (Å²) in [6.07, 6.45) is 1.22. The minimum absolute atomic E-state index is 0.0992. The highest BCUT2D eigenvalue weighted by Gasteiger charge is 2.11. The Balaban J connectivity index is 1.96. The molecule has 2 rings (SSSR count). The number of nitrogens with one attached hydrogen (secondary N) is 1. The summed E-state index contributed by atoms with van der Waals surface area (Å²) in [5.74, 6) is -0.172. The number of hydrogen-bond acceptors (Lipinski definition) is 5. The minimum Gasteiger partial charge on any atom is -0.308 e. The molecular weight excluding hydrogens is 311 g/mol. The van der Waals surface area contributed by atoms with Crippen LogP contribution < -0.4 is 5.32 Å². The zero-order valence-corrected chi connectivity index (χ0v) is 13.5. The van der Waals surface area contributed by atoms with Crippen molar-refractivity contribution in [2.45, 2.75) is 19.5 Å². The molecule has 0 bridgehead atoms. The first-order valence-corrected chi connectivity index (χ1v) is 9.39. The molecule has 2 aromatic rings. The zero-order valence-electron chi connectivity index (χ0n) is 11.8. The fourth-order valence-corrected chi connectivity index (χ4v) is 3.76. The summed E-state index contributed by atoms with van der Waals surface area (Å²) in [6.45, 7) is 2.34. The molecular formula is C14H17FN2O2S2. The molecule has 1 aromatic heterocycles. The third kappa shape index (κ3) is 5.18. The van der Waals surface area contributed by atoms with Crippen molar-refractivity contribution in [3.8, 4) is 10.6 Å². The van der Waals surface area contributed by atoms with E-state index in [1.54, 1.807) is 12.1 Å². The van der Waals surface area contributed by atoms with Crippen LogP contribution in [-0.2, 0) is 16.4 Å². The topological polar surface area (TPSA) is 59.1 Å². The highest BCUT2D eigenvalue weighted by Crippen LogP contribution is 2.23. The Morgan fingerprint density at radius 2 is 2.00 bits per heavy atom. The average Bonchev–Trinajstić information content (AvgIpc) is 2.84.